The monoisotopic (exact) mass is 380 g/mol. The number of hydrogen-bond acceptors (Lipinski definition) is 4. The van der Waals surface area contributed by atoms with Gasteiger partial charge in [-0.3, -0.25) is 14.4 Å². The number of nitrogens with zero attached hydrogens (tertiary/aromatic N) is 1. The Morgan fingerprint density at radius 2 is 1.82 bits per heavy atom. The summed E-state index contributed by atoms with van der Waals surface area (Å²) < 4.78 is 4.81. The highest BCUT2D eigenvalue weighted by Crippen LogP contribution is 2.21. The summed E-state index contributed by atoms with van der Waals surface area (Å²) in [6, 6.07) is 14.1. The zero-order chi connectivity index (χ0) is 20.1. The van der Waals surface area contributed by atoms with Crippen LogP contribution in [0.3, 0.4) is 0 Å². The summed E-state index contributed by atoms with van der Waals surface area (Å²) in [6.07, 6.45) is 1.48. The molecule has 6 nitrogen and oxygen atoms in total. The Kier molecular flexibility index (Phi) is 6.09. The van der Waals surface area contributed by atoms with Crippen molar-refractivity contribution in [2.75, 3.05) is 25.5 Å². The first kappa shape index (κ1) is 19.6. The zero-order valence-electron chi connectivity index (χ0n) is 16.1. The summed E-state index contributed by atoms with van der Waals surface area (Å²) in [4.78, 5) is 38.7. The van der Waals surface area contributed by atoms with E-state index in [1.54, 1.807) is 41.3 Å². The van der Waals surface area contributed by atoms with E-state index in [4.69, 9.17) is 4.74 Å². The van der Waals surface area contributed by atoms with Crippen LogP contribution in [0.1, 0.15) is 39.1 Å². The SMILES string of the molecule is COC(=O)C1CCCN(C(=O)c2cccc(NC(=O)c3ccc(C)cc3)c2)C1. The molecule has 0 aliphatic carbocycles. The van der Waals surface area contributed by atoms with Gasteiger partial charge in [0.15, 0.2) is 0 Å². The molecule has 2 amide bonds. The molecule has 146 valence electrons. The third-order valence-corrected chi connectivity index (χ3v) is 4.92. The smallest absolute Gasteiger partial charge is 0.310 e. The number of esters is 1. The van der Waals surface area contributed by atoms with Crippen molar-refractivity contribution >= 4 is 23.5 Å². The van der Waals surface area contributed by atoms with Crippen molar-refractivity contribution in [3.63, 3.8) is 0 Å². The number of piperidine rings is 1. The molecule has 1 N–H and O–H groups in total. The van der Waals surface area contributed by atoms with Crippen LogP contribution in [0.4, 0.5) is 5.69 Å². The number of ether oxygens (including phenoxy) is 1. The van der Waals surface area contributed by atoms with E-state index in [9.17, 15) is 14.4 Å². The molecule has 1 fully saturated rings. The van der Waals surface area contributed by atoms with Crippen LogP contribution in [0.5, 0.6) is 0 Å². The fourth-order valence-corrected chi connectivity index (χ4v) is 3.34. The minimum atomic E-state index is -0.285. The fourth-order valence-electron chi connectivity index (χ4n) is 3.34. The lowest BCUT2D eigenvalue weighted by Gasteiger charge is -2.31. The summed E-state index contributed by atoms with van der Waals surface area (Å²) in [6.45, 7) is 2.92. The largest absolute Gasteiger partial charge is 0.469 e. The molecule has 2 aromatic carbocycles. The second-order valence-corrected chi connectivity index (χ2v) is 7.01. The van der Waals surface area contributed by atoms with Gasteiger partial charge < -0.3 is 15.0 Å². The highest BCUT2D eigenvalue weighted by molar-refractivity contribution is 6.05. The summed E-state index contributed by atoms with van der Waals surface area (Å²) in [5.41, 5.74) is 2.67. The van der Waals surface area contributed by atoms with Gasteiger partial charge in [-0.25, -0.2) is 0 Å². The highest BCUT2D eigenvalue weighted by atomic mass is 16.5. The lowest BCUT2D eigenvalue weighted by molar-refractivity contribution is -0.146. The molecule has 1 saturated heterocycles. The molecule has 0 bridgehead atoms. The molecular weight excluding hydrogens is 356 g/mol. The van der Waals surface area contributed by atoms with Gasteiger partial charge in [0.2, 0.25) is 0 Å². The van der Waals surface area contributed by atoms with Gasteiger partial charge >= 0.3 is 5.97 Å². The van der Waals surface area contributed by atoms with Crippen LogP contribution in [-0.2, 0) is 9.53 Å². The highest BCUT2D eigenvalue weighted by Gasteiger charge is 2.29. The van der Waals surface area contributed by atoms with Crippen molar-refractivity contribution in [2.24, 2.45) is 5.92 Å². The zero-order valence-corrected chi connectivity index (χ0v) is 16.1. The molecule has 0 aromatic heterocycles. The van der Waals surface area contributed by atoms with Crippen LogP contribution in [0, 0.1) is 12.8 Å². The van der Waals surface area contributed by atoms with E-state index in [0.29, 0.717) is 29.9 Å². The van der Waals surface area contributed by atoms with Gasteiger partial charge in [0.25, 0.3) is 11.8 Å². The van der Waals surface area contributed by atoms with Gasteiger partial charge in [-0.15, -0.1) is 0 Å². The Morgan fingerprint density at radius 1 is 1.07 bits per heavy atom. The average Bonchev–Trinajstić information content (AvgIpc) is 2.73. The Labute approximate surface area is 164 Å². The number of benzene rings is 2. The van der Waals surface area contributed by atoms with Crippen molar-refractivity contribution in [1.29, 1.82) is 0 Å². The second-order valence-electron chi connectivity index (χ2n) is 7.01. The summed E-state index contributed by atoms with van der Waals surface area (Å²) >= 11 is 0. The third-order valence-electron chi connectivity index (χ3n) is 4.92. The maximum Gasteiger partial charge on any atom is 0.310 e. The normalized spacial score (nSPS) is 16.4. The van der Waals surface area contributed by atoms with Crippen molar-refractivity contribution in [3.8, 4) is 0 Å². The van der Waals surface area contributed by atoms with Gasteiger partial charge in [0.05, 0.1) is 13.0 Å². The maximum absolute atomic E-state index is 12.9. The van der Waals surface area contributed by atoms with Crippen molar-refractivity contribution in [2.45, 2.75) is 19.8 Å². The number of methoxy groups -OCH3 is 1. The first-order valence-corrected chi connectivity index (χ1v) is 9.33. The van der Waals surface area contributed by atoms with Crippen LogP contribution in [-0.4, -0.2) is 42.9 Å². The van der Waals surface area contributed by atoms with Crippen LogP contribution in [0.2, 0.25) is 0 Å². The minimum Gasteiger partial charge on any atom is -0.469 e. The molecular formula is C22H24N2O4. The van der Waals surface area contributed by atoms with Crippen molar-refractivity contribution in [1.82, 2.24) is 4.90 Å². The minimum absolute atomic E-state index is 0.153. The summed E-state index contributed by atoms with van der Waals surface area (Å²) in [5, 5.41) is 2.83. The second kappa shape index (κ2) is 8.69. The number of nitrogens with one attached hydrogen (secondary N) is 1. The molecule has 1 aliphatic rings. The van der Waals surface area contributed by atoms with Gasteiger partial charge in [-0.05, 0) is 50.1 Å². The van der Waals surface area contributed by atoms with Crippen LogP contribution in [0.15, 0.2) is 48.5 Å². The summed E-state index contributed by atoms with van der Waals surface area (Å²) in [5.74, 6) is -0.947. The number of rotatable bonds is 4. The lowest BCUT2D eigenvalue weighted by atomic mass is 9.97. The molecule has 1 unspecified atom stereocenters. The number of carbonyl (C=O) groups excluding carboxylic acids is 3. The van der Waals surface area contributed by atoms with Crippen LogP contribution >= 0.6 is 0 Å². The molecule has 0 saturated carbocycles. The van der Waals surface area contributed by atoms with Gasteiger partial charge in [-0.2, -0.15) is 0 Å². The number of aryl methyl sites for hydroxylation is 1. The van der Waals surface area contributed by atoms with Crippen LogP contribution < -0.4 is 5.32 Å². The van der Waals surface area contributed by atoms with Crippen LogP contribution in [0.25, 0.3) is 0 Å². The standard InChI is InChI=1S/C22H24N2O4/c1-15-8-10-16(11-9-15)20(25)23-19-7-3-5-17(13-19)21(26)24-12-4-6-18(14-24)22(27)28-2/h3,5,7-11,13,18H,4,6,12,14H2,1-2H3,(H,23,25). The van der Waals surface area contributed by atoms with Gasteiger partial charge in [-0.1, -0.05) is 23.8 Å². The Hall–Kier alpha value is -3.15. The fraction of sp³-hybridized carbons (Fsp3) is 0.318. The molecule has 1 atom stereocenters. The number of hydrogen-bond donors (Lipinski definition) is 1. The molecule has 0 radical (unpaired) electrons. The van der Waals surface area contributed by atoms with Gasteiger partial charge in [0, 0.05) is 29.9 Å². The van der Waals surface area contributed by atoms with E-state index in [-0.39, 0.29) is 23.7 Å². The topological polar surface area (TPSA) is 75.7 Å². The number of amides is 2. The number of carbonyl (C=O) groups is 3. The molecule has 28 heavy (non-hydrogen) atoms. The van der Waals surface area contributed by atoms with E-state index in [1.165, 1.54) is 7.11 Å². The Bertz CT molecular complexity index is 876. The molecule has 1 aliphatic heterocycles. The average molecular weight is 380 g/mol. The van der Waals surface area contributed by atoms with E-state index in [1.807, 2.05) is 19.1 Å². The summed E-state index contributed by atoms with van der Waals surface area (Å²) in [7, 11) is 1.36. The number of anilines is 1. The van der Waals surface area contributed by atoms with Crippen molar-refractivity contribution < 1.29 is 19.1 Å². The lowest BCUT2D eigenvalue weighted by Crippen LogP contribution is -2.42. The number of likely N-dealkylation sites (tertiary alicyclic amines) is 1. The Balaban J connectivity index is 1.70. The van der Waals surface area contributed by atoms with E-state index in [2.05, 4.69) is 5.32 Å². The molecule has 3 rings (SSSR count). The van der Waals surface area contributed by atoms with Crippen molar-refractivity contribution in [3.05, 3.63) is 65.2 Å². The predicted octanol–water partition coefficient (Wildman–Crippen LogP) is 3.27. The maximum atomic E-state index is 12.9. The van der Waals surface area contributed by atoms with E-state index < -0.39 is 0 Å². The first-order chi connectivity index (χ1) is 13.5. The van der Waals surface area contributed by atoms with E-state index >= 15 is 0 Å². The third kappa shape index (κ3) is 4.57. The molecule has 2 aromatic rings. The Morgan fingerprint density at radius 3 is 2.54 bits per heavy atom. The molecule has 6 heteroatoms. The molecule has 0 spiro atoms. The van der Waals surface area contributed by atoms with E-state index in [0.717, 1.165) is 18.4 Å². The van der Waals surface area contributed by atoms with Gasteiger partial charge in [0.1, 0.15) is 0 Å². The predicted molar refractivity (Wildman–Crippen MR) is 106 cm³/mol. The molecule has 1 heterocycles. The first-order valence-electron chi connectivity index (χ1n) is 9.33. The quantitative estimate of drug-likeness (QED) is 0.826.